The van der Waals surface area contributed by atoms with Crippen LogP contribution in [0.1, 0.15) is 75.4 Å². The van der Waals surface area contributed by atoms with Gasteiger partial charge >= 0.3 is 0 Å². The van der Waals surface area contributed by atoms with Crippen molar-refractivity contribution < 1.29 is 4.52 Å². The molecule has 2 aliphatic carbocycles. The number of nitrogens with zero attached hydrogens (tertiary/aromatic N) is 2. The zero-order chi connectivity index (χ0) is 12.4. The highest BCUT2D eigenvalue weighted by Crippen LogP contribution is 2.37. The molecule has 0 aromatic carbocycles. The van der Waals surface area contributed by atoms with Gasteiger partial charge in [-0.25, -0.2) is 0 Å². The smallest absolute Gasteiger partial charge is 0.231 e. The van der Waals surface area contributed by atoms with E-state index >= 15 is 0 Å². The molecule has 2 aliphatic rings. The third-order valence-electron chi connectivity index (χ3n) is 4.42. The van der Waals surface area contributed by atoms with Crippen LogP contribution >= 0.6 is 0 Å². The molecule has 2 atom stereocenters. The third kappa shape index (κ3) is 2.30. The Bertz CT molecular complexity index is 386. The molecule has 0 amide bonds. The van der Waals surface area contributed by atoms with E-state index in [1.807, 2.05) is 0 Å². The summed E-state index contributed by atoms with van der Waals surface area (Å²) in [4.78, 5) is 4.65. The Morgan fingerprint density at radius 1 is 1.22 bits per heavy atom. The van der Waals surface area contributed by atoms with E-state index < -0.39 is 0 Å². The van der Waals surface area contributed by atoms with Crippen LogP contribution in [0.3, 0.4) is 0 Å². The Kier molecular flexibility index (Phi) is 3.64. The maximum absolute atomic E-state index is 5.51. The van der Waals surface area contributed by atoms with Crippen molar-refractivity contribution in [2.75, 3.05) is 6.54 Å². The summed E-state index contributed by atoms with van der Waals surface area (Å²) >= 11 is 0. The van der Waals surface area contributed by atoms with Gasteiger partial charge in [0.05, 0.1) is 5.92 Å². The second-order valence-corrected chi connectivity index (χ2v) is 5.72. The van der Waals surface area contributed by atoms with E-state index in [1.54, 1.807) is 0 Å². The van der Waals surface area contributed by atoms with E-state index in [0.717, 1.165) is 18.3 Å². The summed E-state index contributed by atoms with van der Waals surface area (Å²) in [7, 11) is 0. The van der Waals surface area contributed by atoms with Gasteiger partial charge in [0.25, 0.3) is 0 Å². The molecule has 100 valence electrons. The quantitative estimate of drug-likeness (QED) is 0.871. The van der Waals surface area contributed by atoms with Gasteiger partial charge in [0.1, 0.15) is 0 Å². The van der Waals surface area contributed by atoms with Crippen LogP contribution in [0.4, 0.5) is 0 Å². The van der Waals surface area contributed by atoms with Crippen LogP contribution in [0.5, 0.6) is 0 Å². The van der Waals surface area contributed by atoms with Gasteiger partial charge < -0.3 is 9.84 Å². The van der Waals surface area contributed by atoms with Crippen LogP contribution in [0.25, 0.3) is 0 Å². The van der Waals surface area contributed by atoms with E-state index in [-0.39, 0.29) is 0 Å². The van der Waals surface area contributed by atoms with E-state index in [4.69, 9.17) is 4.52 Å². The molecule has 0 saturated heterocycles. The van der Waals surface area contributed by atoms with Crippen molar-refractivity contribution in [3.63, 3.8) is 0 Å². The lowest BCUT2D eigenvalue weighted by Crippen LogP contribution is -2.31. The van der Waals surface area contributed by atoms with E-state index in [9.17, 15) is 0 Å². The van der Waals surface area contributed by atoms with Gasteiger partial charge in [0.2, 0.25) is 5.89 Å². The number of aromatic nitrogens is 2. The average Bonchev–Trinajstić information content (AvgIpc) is 2.91. The molecule has 1 heterocycles. The lowest BCUT2D eigenvalue weighted by atomic mass is 9.85. The Morgan fingerprint density at radius 2 is 2.06 bits per heavy atom. The van der Waals surface area contributed by atoms with E-state index in [0.29, 0.717) is 17.9 Å². The summed E-state index contributed by atoms with van der Waals surface area (Å²) in [6.45, 7) is 3.29. The van der Waals surface area contributed by atoms with Gasteiger partial charge in [-0.3, -0.25) is 0 Å². The number of rotatable bonds is 5. The molecule has 0 bridgehead atoms. The fraction of sp³-hybridized carbons (Fsp3) is 0.857. The highest BCUT2D eigenvalue weighted by molar-refractivity contribution is 5.06. The molecular weight excluding hydrogens is 226 g/mol. The molecule has 2 saturated carbocycles. The van der Waals surface area contributed by atoms with E-state index in [2.05, 4.69) is 22.4 Å². The predicted octanol–water partition coefficient (Wildman–Crippen LogP) is 2.97. The topological polar surface area (TPSA) is 51.0 Å². The van der Waals surface area contributed by atoms with Crippen molar-refractivity contribution in [3.05, 3.63) is 11.7 Å². The van der Waals surface area contributed by atoms with Gasteiger partial charge in [-0.2, -0.15) is 4.98 Å². The van der Waals surface area contributed by atoms with Gasteiger partial charge in [-0.1, -0.05) is 24.9 Å². The van der Waals surface area contributed by atoms with Crippen LogP contribution in [0.15, 0.2) is 4.52 Å². The van der Waals surface area contributed by atoms with Crippen molar-refractivity contribution in [1.82, 2.24) is 15.5 Å². The van der Waals surface area contributed by atoms with E-state index in [1.165, 1.54) is 44.9 Å². The minimum absolute atomic E-state index is 0.442. The number of nitrogens with one attached hydrogen (secondary N) is 1. The maximum atomic E-state index is 5.51. The molecular formula is C14H23N3O. The summed E-state index contributed by atoms with van der Waals surface area (Å²) in [6, 6.07) is 0.541. The van der Waals surface area contributed by atoms with Gasteiger partial charge in [0, 0.05) is 12.0 Å². The minimum atomic E-state index is 0.442. The number of hydrogen-bond acceptors (Lipinski definition) is 4. The molecule has 1 aromatic rings. The monoisotopic (exact) mass is 249 g/mol. The molecule has 4 nitrogen and oxygen atoms in total. The summed E-state index contributed by atoms with van der Waals surface area (Å²) in [6.07, 6.45) is 8.67. The minimum Gasteiger partial charge on any atom is -0.339 e. The standard InChI is InChI=1S/C14H23N3O/c1-2-9-15-12-8-4-7-11(12)14-16-13(17-18-14)10-5-3-6-10/h10-12,15H,2-9H2,1H3. The number of hydrogen-bond donors (Lipinski definition) is 1. The average molecular weight is 249 g/mol. The first kappa shape index (κ1) is 12.2. The molecule has 0 radical (unpaired) electrons. The van der Waals surface area contributed by atoms with Crippen molar-refractivity contribution in [2.45, 2.75) is 69.7 Å². The molecule has 1 aromatic heterocycles. The Morgan fingerprint density at radius 3 is 2.78 bits per heavy atom. The molecule has 4 heteroatoms. The van der Waals surface area contributed by atoms with Crippen LogP contribution in [-0.4, -0.2) is 22.7 Å². The summed E-state index contributed by atoms with van der Waals surface area (Å²) < 4.78 is 5.51. The SMILES string of the molecule is CCCNC1CCCC1c1nc(C2CCC2)no1. The second kappa shape index (κ2) is 5.39. The fourth-order valence-corrected chi connectivity index (χ4v) is 3.06. The Balaban J connectivity index is 1.66. The van der Waals surface area contributed by atoms with Crippen LogP contribution in [-0.2, 0) is 0 Å². The molecule has 2 fully saturated rings. The second-order valence-electron chi connectivity index (χ2n) is 5.72. The van der Waals surface area contributed by atoms with Gasteiger partial charge in [-0.05, 0) is 38.6 Å². The third-order valence-corrected chi connectivity index (χ3v) is 4.42. The van der Waals surface area contributed by atoms with Gasteiger partial charge in [-0.15, -0.1) is 0 Å². The lowest BCUT2D eigenvalue weighted by molar-refractivity contribution is 0.318. The first-order valence-corrected chi connectivity index (χ1v) is 7.45. The van der Waals surface area contributed by atoms with Crippen LogP contribution in [0, 0.1) is 0 Å². The first-order chi connectivity index (χ1) is 8.88. The van der Waals surface area contributed by atoms with Crippen molar-refractivity contribution in [2.24, 2.45) is 0 Å². The molecule has 18 heavy (non-hydrogen) atoms. The largest absolute Gasteiger partial charge is 0.339 e. The molecule has 3 rings (SSSR count). The van der Waals surface area contributed by atoms with Crippen molar-refractivity contribution in [3.8, 4) is 0 Å². The summed E-state index contributed by atoms with van der Waals surface area (Å²) in [5.74, 6) is 2.85. The van der Waals surface area contributed by atoms with Crippen LogP contribution in [0.2, 0.25) is 0 Å². The lowest BCUT2D eigenvalue weighted by Gasteiger charge is -2.21. The molecule has 0 spiro atoms. The Hall–Kier alpha value is -0.900. The summed E-state index contributed by atoms with van der Waals surface area (Å²) in [5, 5.41) is 7.80. The highest BCUT2D eigenvalue weighted by atomic mass is 16.5. The summed E-state index contributed by atoms with van der Waals surface area (Å²) in [5.41, 5.74) is 0. The highest BCUT2D eigenvalue weighted by Gasteiger charge is 2.33. The fourth-order valence-electron chi connectivity index (χ4n) is 3.06. The first-order valence-electron chi connectivity index (χ1n) is 7.45. The predicted molar refractivity (Wildman–Crippen MR) is 69.6 cm³/mol. The van der Waals surface area contributed by atoms with Crippen molar-refractivity contribution >= 4 is 0 Å². The Labute approximate surface area is 109 Å². The van der Waals surface area contributed by atoms with Gasteiger partial charge in [0.15, 0.2) is 5.82 Å². The molecule has 2 unspecified atom stereocenters. The normalized spacial score (nSPS) is 28.5. The zero-order valence-corrected chi connectivity index (χ0v) is 11.2. The van der Waals surface area contributed by atoms with Crippen molar-refractivity contribution in [1.29, 1.82) is 0 Å². The maximum Gasteiger partial charge on any atom is 0.231 e. The van der Waals surface area contributed by atoms with Crippen LogP contribution < -0.4 is 5.32 Å². The molecule has 1 N–H and O–H groups in total. The molecule has 0 aliphatic heterocycles. The zero-order valence-electron chi connectivity index (χ0n) is 11.2.